The van der Waals surface area contributed by atoms with E-state index in [1.807, 2.05) is 25.1 Å². The molecule has 0 spiro atoms. The van der Waals surface area contributed by atoms with Crippen LogP contribution in [0.1, 0.15) is 24.0 Å². The molecule has 6 heteroatoms. The summed E-state index contributed by atoms with van der Waals surface area (Å²) < 4.78 is 6.16. The van der Waals surface area contributed by atoms with Gasteiger partial charge in [-0.2, -0.15) is 0 Å². The summed E-state index contributed by atoms with van der Waals surface area (Å²) in [5.74, 6) is -1.27. The van der Waals surface area contributed by atoms with Gasteiger partial charge in [-0.05, 0) is 43.0 Å². The molecule has 1 aliphatic rings. The van der Waals surface area contributed by atoms with Crippen molar-refractivity contribution >= 4 is 27.8 Å². The summed E-state index contributed by atoms with van der Waals surface area (Å²) in [6.45, 7) is 2.38. The van der Waals surface area contributed by atoms with Gasteiger partial charge in [0.15, 0.2) is 6.10 Å². The number of hydrogen-bond acceptors (Lipinski definition) is 3. The Morgan fingerprint density at radius 2 is 2.10 bits per heavy atom. The summed E-state index contributed by atoms with van der Waals surface area (Å²) in [6.07, 6.45) is -0.703. The molecule has 1 aromatic rings. The standard InChI is InChI=1S/C14H16BrNO4/c1-8-2-3-10(15)6-9(8)7-16-13(17)11-4-5-12(20-11)14(18)19/h2-3,6,11-12H,4-5,7H2,1H3,(H,16,17)(H,18,19)/t11-,12+/m0/s1. The van der Waals surface area contributed by atoms with Crippen LogP contribution in [0.5, 0.6) is 0 Å². The molecule has 1 heterocycles. The first kappa shape index (κ1) is 15.0. The Balaban J connectivity index is 1.90. The Labute approximate surface area is 125 Å². The number of amides is 1. The van der Waals surface area contributed by atoms with Crippen molar-refractivity contribution in [2.45, 2.75) is 38.5 Å². The molecule has 20 heavy (non-hydrogen) atoms. The predicted octanol–water partition coefficient (Wildman–Crippen LogP) is 2.01. The summed E-state index contributed by atoms with van der Waals surface area (Å²) in [5, 5.41) is 11.6. The molecule has 0 radical (unpaired) electrons. The minimum atomic E-state index is -1.01. The van der Waals surface area contributed by atoms with E-state index in [-0.39, 0.29) is 5.91 Å². The minimum absolute atomic E-state index is 0.256. The molecule has 5 nitrogen and oxygen atoms in total. The summed E-state index contributed by atoms with van der Waals surface area (Å²) >= 11 is 3.39. The maximum atomic E-state index is 11.9. The molecule has 1 fully saturated rings. The molecule has 2 rings (SSSR count). The van der Waals surface area contributed by atoms with Crippen LogP contribution in [-0.2, 0) is 20.9 Å². The molecule has 0 aromatic heterocycles. The number of hydrogen-bond donors (Lipinski definition) is 2. The Kier molecular flexibility index (Phi) is 4.77. The van der Waals surface area contributed by atoms with Gasteiger partial charge in [0, 0.05) is 11.0 Å². The zero-order valence-electron chi connectivity index (χ0n) is 11.1. The molecule has 1 saturated heterocycles. The Morgan fingerprint density at radius 3 is 2.75 bits per heavy atom. The highest BCUT2D eigenvalue weighted by atomic mass is 79.9. The SMILES string of the molecule is Cc1ccc(Br)cc1CNC(=O)[C@@H]1CC[C@H](C(=O)O)O1. The van der Waals surface area contributed by atoms with E-state index in [9.17, 15) is 9.59 Å². The maximum absolute atomic E-state index is 11.9. The van der Waals surface area contributed by atoms with Crippen molar-refractivity contribution < 1.29 is 19.4 Å². The number of carboxylic acids is 1. The molecule has 1 amide bonds. The van der Waals surface area contributed by atoms with Crippen LogP contribution < -0.4 is 5.32 Å². The lowest BCUT2D eigenvalue weighted by Crippen LogP contribution is -2.35. The Bertz CT molecular complexity index is 532. The number of carbonyl (C=O) groups is 2. The van der Waals surface area contributed by atoms with Crippen molar-refractivity contribution in [2.75, 3.05) is 0 Å². The van der Waals surface area contributed by atoms with Gasteiger partial charge in [0.2, 0.25) is 5.91 Å². The molecule has 0 aliphatic carbocycles. The van der Waals surface area contributed by atoms with Gasteiger partial charge >= 0.3 is 5.97 Å². The fraction of sp³-hybridized carbons (Fsp3) is 0.429. The first-order chi connectivity index (χ1) is 9.47. The Hall–Kier alpha value is -1.40. The third kappa shape index (κ3) is 3.58. The van der Waals surface area contributed by atoms with Crippen LogP contribution in [0.15, 0.2) is 22.7 Å². The highest BCUT2D eigenvalue weighted by Crippen LogP contribution is 2.20. The molecule has 2 N–H and O–H groups in total. The number of aliphatic carboxylic acids is 1. The summed E-state index contributed by atoms with van der Waals surface area (Å²) in [5.41, 5.74) is 2.10. The molecule has 1 aromatic carbocycles. The van der Waals surface area contributed by atoms with E-state index in [0.717, 1.165) is 15.6 Å². The number of carboxylic acid groups (broad SMARTS) is 1. The summed E-state index contributed by atoms with van der Waals surface area (Å²) in [6, 6.07) is 5.86. The van der Waals surface area contributed by atoms with E-state index in [1.54, 1.807) is 0 Å². The van der Waals surface area contributed by atoms with Gasteiger partial charge in [0.25, 0.3) is 0 Å². The number of aryl methyl sites for hydroxylation is 1. The molecule has 1 aliphatic heterocycles. The average Bonchev–Trinajstić information content (AvgIpc) is 2.89. The normalized spacial score (nSPS) is 21.7. The molecule has 0 bridgehead atoms. The molecule has 2 atom stereocenters. The zero-order valence-corrected chi connectivity index (χ0v) is 12.6. The summed E-state index contributed by atoms with van der Waals surface area (Å²) in [7, 11) is 0. The zero-order chi connectivity index (χ0) is 14.7. The Morgan fingerprint density at radius 1 is 1.40 bits per heavy atom. The number of benzene rings is 1. The van der Waals surface area contributed by atoms with E-state index < -0.39 is 18.2 Å². The van der Waals surface area contributed by atoms with E-state index in [1.165, 1.54) is 0 Å². The number of nitrogens with one attached hydrogen (secondary N) is 1. The van der Waals surface area contributed by atoms with Crippen LogP contribution in [0.3, 0.4) is 0 Å². The largest absolute Gasteiger partial charge is 0.479 e. The maximum Gasteiger partial charge on any atom is 0.332 e. The van der Waals surface area contributed by atoms with Gasteiger partial charge in [0.1, 0.15) is 6.10 Å². The first-order valence-electron chi connectivity index (χ1n) is 6.38. The van der Waals surface area contributed by atoms with Crippen LogP contribution in [-0.4, -0.2) is 29.2 Å². The van der Waals surface area contributed by atoms with Crippen LogP contribution in [0.25, 0.3) is 0 Å². The van der Waals surface area contributed by atoms with Gasteiger partial charge in [-0.15, -0.1) is 0 Å². The van der Waals surface area contributed by atoms with Gasteiger partial charge in [0.05, 0.1) is 0 Å². The fourth-order valence-electron chi connectivity index (χ4n) is 2.14. The van der Waals surface area contributed by atoms with Gasteiger partial charge < -0.3 is 15.2 Å². The minimum Gasteiger partial charge on any atom is -0.479 e. The molecular weight excluding hydrogens is 326 g/mol. The number of halogens is 1. The van der Waals surface area contributed by atoms with Crippen molar-refractivity contribution in [1.82, 2.24) is 5.32 Å². The van der Waals surface area contributed by atoms with Gasteiger partial charge in [-0.1, -0.05) is 22.0 Å². The van der Waals surface area contributed by atoms with E-state index in [0.29, 0.717) is 19.4 Å². The van der Waals surface area contributed by atoms with Crippen molar-refractivity contribution in [3.05, 3.63) is 33.8 Å². The number of carbonyl (C=O) groups excluding carboxylic acids is 1. The second kappa shape index (κ2) is 6.37. The van der Waals surface area contributed by atoms with Crippen LogP contribution in [0, 0.1) is 6.92 Å². The highest BCUT2D eigenvalue weighted by Gasteiger charge is 2.34. The third-order valence-electron chi connectivity index (χ3n) is 3.35. The van der Waals surface area contributed by atoms with Crippen LogP contribution in [0.2, 0.25) is 0 Å². The van der Waals surface area contributed by atoms with Crippen molar-refractivity contribution in [3.63, 3.8) is 0 Å². The quantitative estimate of drug-likeness (QED) is 0.878. The predicted molar refractivity (Wildman–Crippen MR) is 76.3 cm³/mol. The van der Waals surface area contributed by atoms with E-state index >= 15 is 0 Å². The number of rotatable bonds is 4. The first-order valence-corrected chi connectivity index (χ1v) is 7.17. The van der Waals surface area contributed by atoms with Crippen LogP contribution in [0.4, 0.5) is 0 Å². The van der Waals surface area contributed by atoms with Crippen molar-refractivity contribution in [1.29, 1.82) is 0 Å². The lowest BCUT2D eigenvalue weighted by Gasteiger charge is -2.13. The monoisotopic (exact) mass is 341 g/mol. The average molecular weight is 342 g/mol. The van der Waals surface area contributed by atoms with Gasteiger partial charge in [-0.3, -0.25) is 4.79 Å². The van der Waals surface area contributed by atoms with Crippen LogP contribution >= 0.6 is 15.9 Å². The molecule has 0 saturated carbocycles. The lowest BCUT2D eigenvalue weighted by molar-refractivity contribution is -0.151. The highest BCUT2D eigenvalue weighted by molar-refractivity contribution is 9.10. The fourth-order valence-corrected chi connectivity index (χ4v) is 2.55. The van der Waals surface area contributed by atoms with Crippen molar-refractivity contribution in [2.24, 2.45) is 0 Å². The van der Waals surface area contributed by atoms with E-state index in [2.05, 4.69) is 21.2 Å². The number of ether oxygens (including phenoxy) is 1. The molecule has 0 unspecified atom stereocenters. The third-order valence-corrected chi connectivity index (χ3v) is 3.84. The van der Waals surface area contributed by atoms with E-state index in [4.69, 9.17) is 9.84 Å². The smallest absolute Gasteiger partial charge is 0.332 e. The van der Waals surface area contributed by atoms with Gasteiger partial charge in [-0.25, -0.2) is 4.79 Å². The topological polar surface area (TPSA) is 75.6 Å². The summed E-state index contributed by atoms with van der Waals surface area (Å²) in [4.78, 5) is 22.7. The lowest BCUT2D eigenvalue weighted by atomic mass is 10.1. The second-order valence-corrected chi connectivity index (χ2v) is 5.73. The van der Waals surface area contributed by atoms with Crippen molar-refractivity contribution in [3.8, 4) is 0 Å². The second-order valence-electron chi connectivity index (χ2n) is 4.82. The molecule has 108 valence electrons. The molecular formula is C14H16BrNO4.